The molecule has 0 amide bonds. The summed E-state index contributed by atoms with van der Waals surface area (Å²) >= 11 is 0. The summed E-state index contributed by atoms with van der Waals surface area (Å²) in [4.78, 5) is 2.22. The van der Waals surface area contributed by atoms with E-state index < -0.39 is 0 Å². The van der Waals surface area contributed by atoms with Gasteiger partial charge in [-0.2, -0.15) is 4.52 Å². The van der Waals surface area contributed by atoms with Crippen LogP contribution >= 0.6 is 0 Å². The third-order valence-electron chi connectivity index (χ3n) is 4.75. The highest BCUT2D eigenvalue weighted by Gasteiger charge is 2.22. The summed E-state index contributed by atoms with van der Waals surface area (Å²) in [6.45, 7) is 4.56. The van der Waals surface area contributed by atoms with Gasteiger partial charge in [0.2, 0.25) is 0 Å². The molecule has 0 aliphatic carbocycles. The Morgan fingerprint density at radius 1 is 0.923 bits per heavy atom. The van der Waals surface area contributed by atoms with E-state index in [-0.39, 0.29) is 0 Å². The van der Waals surface area contributed by atoms with Gasteiger partial charge in [-0.3, -0.25) is 0 Å². The highest BCUT2D eigenvalue weighted by molar-refractivity contribution is 5.59. The number of aromatic nitrogens is 7. The predicted molar refractivity (Wildman–Crippen MR) is 96.7 cm³/mol. The molecular weight excluding hydrogens is 328 g/mol. The number of rotatable bonds is 3. The molecule has 0 bridgehead atoms. The SMILES string of the molecule is CCc1nnc2n1CCN(c1ccc3nnc(-c4ccccc4)n3n1)C2. The Hall–Kier alpha value is -3.29. The Bertz CT molecular complexity index is 1070. The van der Waals surface area contributed by atoms with E-state index in [1.54, 1.807) is 0 Å². The quantitative estimate of drug-likeness (QED) is 0.564. The molecular formula is C18H18N8. The summed E-state index contributed by atoms with van der Waals surface area (Å²) in [5, 5.41) is 22.0. The van der Waals surface area contributed by atoms with Crippen LogP contribution < -0.4 is 4.90 Å². The van der Waals surface area contributed by atoms with Crippen LogP contribution in [0.3, 0.4) is 0 Å². The van der Waals surface area contributed by atoms with Crippen molar-refractivity contribution in [1.82, 2.24) is 34.6 Å². The monoisotopic (exact) mass is 346 g/mol. The molecule has 4 heterocycles. The van der Waals surface area contributed by atoms with E-state index in [2.05, 4.69) is 36.8 Å². The molecule has 4 aromatic rings. The lowest BCUT2D eigenvalue weighted by molar-refractivity contribution is 0.539. The van der Waals surface area contributed by atoms with E-state index in [1.807, 2.05) is 47.0 Å². The Balaban J connectivity index is 1.52. The van der Waals surface area contributed by atoms with Crippen molar-refractivity contribution < 1.29 is 0 Å². The molecule has 0 saturated carbocycles. The van der Waals surface area contributed by atoms with Crippen LogP contribution in [0.2, 0.25) is 0 Å². The first-order chi connectivity index (χ1) is 12.8. The maximum absolute atomic E-state index is 4.80. The predicted octanol–water partition coefficient (Wildman–Crippen LogP) is 1.97. The Kier molecular flexibility index (Phi) is 3.41. The maximum Gasteiger partial charge on any atom is 0.185 e. The molecule has 8 nitrogen and oxygen atoms in total. The number of hydrogen-bond acceptors (Lipinski definition) is 6. The number of benzene rings is 1. The van der Waals surface area contributed by atoms with Crippen molar-refractivity contribution in [1.29, 1.82) is 0 Å². The van der Waals surface area contributed by atoms with Crippen molar-refractivity contribution in [2.45, 2.75) is 26.4 Å². The Labute approximate surface area is 150 Å². The molecule has 1 aromatic carbocycles. The lowest BCUT2D eigenvalue weighted by Crippen LogP contribution is -2.35. The van der Waals surface area contributed by atoms with Gasteiger partial charge in [0, 0.05) is 25.1 Å². The van der Waals surface area contributed by atoms with Crippen LogP contribution in [0.5, 0.6) is 0 Å². The topological polar surface area (TPSA) is 77.0 Å². The average molecular weight is 346 g/mol. The van der Waals surface area contributed by atoms with Crippen molar-refractivity contribution >= 4 is 11.5 Å². The van der Waals surface area contributed by atoms with Crippen molar-refractivity contribution in [3.05, 3.63) is 54.1 Å². The highest BCUT2D eigenvalue weighted by atomic mass is 15.4. The van der Waals surface area contributed by atoms with E-state index >= 15 is 0 Å². The molecule has 3 aromatic heterocycles. The van der Waals surface area contributed by atoms with Crippen LogP contribution in [-0.2, 0) is 19.5 Å². The van der Waals surface area contributed by atoms with E-state index in [0.717, 1.165) is 54.0 Å². The van der Waals surface area contributed by atoms with Crippen molar-refractivity contribution in [2.24, 2.45) is 0 Å². The van der Waals surface area contributed by atoms with Gasteiger partial charge in [0.05, 0.1) is 6.54 Å². The molecule has 8 heteroatoms. The third-order valence-corrected chi connectivity index (χ3v) is 4.75. The lowest BCUT2D eigenvalue weighted by atomic mass is 10.2. The first kappa shape index (κ1) is 15.0. The minimum absolute atomic E-state index is 0.703. The number of anilines is 1. The van der Waals surface area contributed by atoms with Crippen LogP contribution in [0.4, 0.5) is 5.82 Å². The summed E-state index contributed by atoms with van der Waals surface area (Å²) in [6.07, 6.45) is 0.901. The molecule has 0 atom stereocenters. The van der Waals surface area contributed by atoms with Gasteiger partial charge in [0.25, 0.3) is 0 Å². The Morgan fingerprint density at radius 2 is 1.81 bits per heavy atom. The molecule has 1 aliphatic heterocycles. The molecule has 26 heavy (non-hydrogen) atoms. The van der Waals surface area contributed by atoms with Gasteiger partial charge in [-0.1, -0.05) is 37.3 Å². The smallest absolute Gasteiger partial charge is 0.185 e. The molecule has 0 spiro atoms. The van der Waals surface area contributed by atoms with Gasteiger partial charge in [-0.05, 0) is 12.1 Å². The van der Waals surface area contributed by atoms with E-state index in [9.17, 15) is 0 Å². The molecule has 130 valence electrons. The normalized spacial score (nSPS) is 14.0. The molecule has 1 aliphatic rings. The van der Waals surface area contributed by atoms with Crippen molar-refractivity contribution in [2.75, 3.05) is 11.4 Å². The van der Waals surface area contributed by atoms with Gasteiger partial charge >= 0.3 is 0 Å². The summed E-state index contributed by atoms with van der Waals surface area (Å²) < 4.78 is 4.02. The number of aryl methyl sites for hydroxylation is 1. The van der Waals surface area contributed by atoms with Crippen LogP contribution in [-0.4, -0.2) is 41.1 Å². The first-order valence-corrected chi connectivity index (χ1v) is 8.77. The number of nitrogens with zero attached hydrogens (tertiary/aromatic N) is 8. The van der Waals surface area contributed by atoms with Gasteiger partial charge in [-0.15, -0.1) is 25.5 Å². The number of hydrogen-bond donors (Lipinski definition) is 0. The van der Waals surface area contributed by atoms with Gasteiger partial charge < -0.3 is 9.47 Å². The molecule has 0 unspecified atom stereocenters. The fourth-order valence-electron chi connectivity index (χ4n) is 3.39. The van der Waals surface area contributed by atoms with E-state index in [4.69, 9.17) is 5.10 Å². The second-order valence-electron chi connectivity index (χ2n) is 6.31. The van der Waals surface area contributed by atoms with Crippen LogP contribution in [0.1, 0.15) is 18.6 Å². The molecule has 0 radical (unpaired) electrons. The maximum atomic E-state index is 4.80. The summed E-state index contributed by atoms with van der Waals surface area (Å²) in [5.74, 6) is 3.67. The summed E-state index contributed by atoms with van der Waals surface area (Å²) in [7, 11) is 0. The molecule has 0 fully saturated rings. The third kappa shape index (κ3) is 2.33. The first-order valence-electron chi connectivity index (χ1n) is 8.77. The molecule has 0 saturated heterocycles. The molecule has 0 N–H and O–H groups in total. The van der Waals surface area contributed by atoms with Gasteiger partial charge in [-0.25, -0.2) is 0 Å². The lowest BCUT2D eigenvalue weighted by Gasteiger charge is -2.28. The zero-order chi connectivity index (χ0) is 17.5. The van der Waals surface area contributed by atoms with Crippen LogP contribution in [0, 0.1) is 0 Å². The van der Waals surface area contributed by atoms with Crippen molar-refractivity contribution in [3.63, 3.8) is 0 Å². The fraction of sp³-hybridized carbons (Fsp3) is 0.278. The van der Waals surface area contributed by atoms with E-state index in [1.165, 1.54) is 0 Å². The second kappa shape index (κ2) is 5.91. The standard InChI is InChI=1S/C18H18N8/c1-2-14-19-21-17-12-24(10-11-25(14)17)16-9-8-15-20-22-18(26(15)23-16)13-6-4-3-5-7-13/h3-9H,2,10-12H2,1H3. The minimum atomic E-state index is 0.703. The van der Waals surface area contributed by atoms with Crippen LogP contribution in [0.25, 0.3) is 17.0 Å². The zero-order valence-corrected chi connectivity index (χ0v) is 14.4. The minimum Gasteiger partial charge on any atom is -0.346 e. The summed E-state index contributed by atoms with van der Waals surface area (Å²) in [6, 6.07) is 13.9. The van der Waals surface area contributed by atoms with Crippen LogP contribution in [0.15, 0.2) is 42.5 Å². The fourth-order valence-corrected chi connectivity index (χ4v) is 3.39. The van der Waals surface area contributed by atoms with E-state index in [0.29, 0.717) is 6.54 Å². The Morgan fingerprint density at radius 3 is 2.65 bits per heavy atom. The van der Waals surface area contributed by atoms with Gasteiger partial charge in [0.15, 0.2) is 17.3 Å². The molecule has 5 rings (SSSR count). The van der Waals surface area contributed by atoms with Gasteiger partial charge in [0.1, 0.15) is 11.6 Å². The number of fused-ring (bicyclic) bond motifs is 2. The van der Waals surface area contributed by atoms with Crippen molar-refractivity contribution in [3.8, 4) is 11.4 Å². The zero-order valence-electron chi connectivity index (χ0n) is 14.4. The average Bonchev–Trinajstić information content (AvgIpc) is 3.31. The largest absolute Gasteiger partial charge is 0.346 e. The summed E-state index contributed by atoms with van der Waals surface area (Å²) in [5.41, 5.74) is 1.73. The second-order valence-corrected chi connectivity index (χ2v) is 6.31. The highest BCUT2D eigenvalue weighted by Crippen LogP contribution is 2.22.